The van der Waals surface area contributed by atoms with Crippen LogP contribution in [0.3, 0.4) is 0 Å². The van der Waals surface area contributed by atoms with Crippen molar-refractivity contribution in [3.05, 3.63) is 35.4 Å². The highest BCUT2D eigenvalue weighted by Crippen LogP contribution is 2.29. The molecule has 7 nitrogen and oxygen atoms in total. The first-order valence-corrected chi connectivity index (χ1v) is 9.01. The third-order valence-electron chi connectivity index (χ3n) is 5.45. The average Bonchev–Trinajstić information content (AvgIpc) is 2.86. The maximum absolute atomic E-state index is 12.9. The molecule has 0 spiro atoms. The molecule has 3 rings (SSSR count). The topological polar surface area (TPSA) is 81.8 Å². The normalized spacial score (nSPS) is 24.1. The van der Waals surface area contributed by atoms with Gasteiger partial charge >= 0.3 is 6.03 Å². The zero-order valence-electron chi connectivity index (χ0n) is 15.5. The number of rotatable bonds is 4. The molecule has 1 unspecified atom stereocenters. The van der Waals surface area contributed by atoms with E-state index >= 15 is 0 Å². The van der Waals surface area contributed by atoms with Crippen LogP contribution >= 0.6 is 0 Å². The van der Waals surface area contributed by atoms with Crippen LogP contribution in [0, 0.1) is 6.92 Å². The second-order valence-electron chi connectivity index (χ2n) is 7.26. The third-order valence-corrected chi connectivity index (χ3v) is 5.45. The van der Waals surface area contributed by atoms with Crippen molar-refractivity contribution in [1.29, 1.82) is 0 Å². The number of benzene rings is 1. The lowest BCUT2D eigenvalue weighted by molar-refractivity contribution is -0.139. The summed E-state index contributed by atoms with van der Waals surface area (Å²) in [5.74, 6) is -0.568. The number of hydrogen-bond acceptors (Lipinski definition) is 4. The first-order valence-electron chi connectivity index (χ1n) is 9.01. The fourth-order valence-electron chi connectivity index (χ4n) is 3.58. The molecule has 2 heterocycles. The fourth-order valence-corrected chi connectivity index (χ4v) is 3.58. The minimum Gasteiger partial charge on any atom is -0.341 e. The summed E-state index contributed by atoms with van der Waals surface area (Å²) in [6.07, 6.45) is 1.76. The Morgan fingerprint density at radius 3 is 2.42 bits per heavy atom. The van der Waals surface area contributed by atoms with Crippen molar-refractivity contribution in [2.45, 2.75) is 38.3 Å². The predicted molar refractivity (Wildman–Crippen MR) is 97.4 cm³/mol. The molecule has 7 heteroatoms. The highest BCUT2D eigenvalue weighted by molar-refractivity contribution is 6.09. The second-order valence-corrected chi connectivity index (χ2v) is 7.26. The first-order chi connectivity index (χ1) is 12.3. The minimum atomic E-state index is -1.13. The van der Waals surface area contributed by atoms with Gasteiger partial charge in [-0.25, -0.2) is 4.79 Å². The standard InChI is InChI=1S/C19H26N4O3/c1-13-4-6-14(7-5-13)19(2)17(25)23(18(26)21-19)12-16(24)22-10-8-15(20-3)9-11-22/h4-7,15,20H,8-12H2,1-3H3,(H,21,26). The van der Waals surface area contributed by atoms with Crippen LogP contribution in [0.15, 0.2) is 24.3 Å². The largest absolute Gasteiger partial charge is 0.341 e. The molecular weight excluding hydrogens is 332 g/mol. The van der Waals surface area contributed by atoms with E-state index in [2.05, 4.69) is 10.6 Å². The maximum Gasteiger partial charge on any atom is 0.325 e. The van der Waals surface area contributed by atoms with Crippen molar-refractivity contribution in [3.8, 4) is 0 Å². The van der Waals surface area contributed by atoms with Crippen LogP contribution in [-0.4, -0.2) is 60.4 Å². The van der Waals surface area contributed by atoms with E-state index in [0.717, 1.165) is 23.3 Å². The van der Waals surface area contributed by atoms with Gasteiger partial charge in [0.25, 0.3) is 5.91 Å². The summed E-state index contributed by atoms with van der Waals surface area (Å²) in [4.78, 5) is 40.6. The van der Waals surface area contributed by atoms with Crippen LogP contribution in [0.1, 0.15) is 30.9 Å². The molecule has 26 heavy (non-hydrogen) atoms. The van der Waals surface area contributed by atoms with E-state index in [4.69, 9.17) is 0 Å². The van der Waals surface area contributed by atoms with E-state index in [9.17, 15) is 14.4 Å². The monoisotopic (exact) mass is 358 g/mol. The van der Waals surface area contributed by atoms with Gasteiger partial charge in [0.15, 0.2) is 0 Å². The molecule has 1 aromatic rings. The molecule has 2 aliphatic heterocycles. The summed E-state index contributed by atoms with van der Waals surface area (Å²) < 4.78 is 0. The average molecular weight is 358 g/mol. The zero-order valence-corrected chi connectivity index (χ0v) is 15.5. The van der Waals surface area contributed by atoms with Crippen LogP contribution in [0.25, 0.3) is 0 Å². The van der Waals surface area contributed by atoms with Gasteiger partial charge in [-0.3, -0.25) is 14.5 Å². The zero-order chi connectivity index (χ0) is 18.9. The molecule has 4 amide bonds. The summed E-state index contributed by atoms with van der Waals surface area (Å²) in [5.41, 5.74) is 0.654. The first kappa shape index (κ1) is 18.4. The van der Waals surface area contributed by atoms with Gasteiger partial charge in [0.2, 0.25) is 5.91 Å². The molecule has 0 aliphatic carbocycles. The van der Waals surface area contributed by atoms with Crippen molar-refractivity contribution in [3.63, 3.8) is 0 Å². The molecule has 0 aromatic heterocycles. The molecule has 140 valence electrons. The summed E-state index contributed by atoms with van der Waals surface area (Å²) in [6.45, 7) is 4.72. The Hall–Kier alpha value is -2.41. The number of piperidine rings is 1. The minimum absolute atomic E-state index is 0.184. The maximum atomic E-state index is 12.9. The number of urea groups is 1. The van der Waals surface area contributed by atoms with Crippen molar-refractivity contribution >= 4 is 17.8 Å². The van der Waals surface area contributed by atoms with Crippen LogP contribution in [0.5, 0.6) is 0 Å². The highest BCUT2D eigenvalue weighted by Gasteiger charge is 2.49. The van der Waals surface area contributed by atoms with Gasteiger partial charge in [-0.05, 0) is 39.3 Å². The van der Waals surface area contributed by atoms with Crippen LogP contribution in [-0.2, 0) is 15.1 Å². The quantitative estimate of drug-likeness (QED) is 0.786. The number of carbonyl (C=O) groups is 3. The Kier molecular flexibility index (Phi) is 5.00. The number of hydrogen-bond donors (Lipinski definition) is 2. The van der Waals surface area contributed by atoms with Gasteiger partial charge < -0.3 is 15.5 Å². The molecule has 1 aromatic carbocycles. The van der Waals surface area contributed by atoms with Gasteiger partial charge in [0.05, 0.1) is 0 Å². The molecular formula is C19H26N4O3. The highest BCUT2D eigenvalue weighted by atomic mass is 16.2. The van der Waals surface area contributed by atoms with Crippen LogP contribution in [0.2, 0.25) is 0 Å². The van der Waals surface area contributed by atoms with Gasteiger partial charge in [0.1, 0.15) is 12.1 Å². The van der Waals surface area contributed by atoms with Gasteiger partial charge in [-0.1, -0.05) is 29.8 Å². The number of imide groups is 1. The van der Waals surface area contributed by atoms with E-state index in [-0.39, 0.29) is 18.4 Å². The summed E-state index contributed by atoms with van der Waals surface area (Å²) in [6, 6.07) is 7.37. The Morgan fingerprint density at radius 1 is 1.23 bits per heavy atom. The van der Waals surface area contributed by atoms with E-state index in [1.54, 1.807) is 11.8 Å². The lowest BCUT2D eigenvalue weighted by atomic mass is 9.91. The molecule has 2 fully saturated rings. The third kappa shape index (κ3) is 3.31. The molecule has 2 N–H and O–H groups in total. The smallest absolute Gasteiger partial charge is 0.325 e. The predicted octanol–water partition coefficient (Wildman–Crippen LogP) is 0.972. The van der Waals surface area contributed by atoms with Crippen molar-refractivity contribution in [2.75, 3.05) is 26.7 Å². The number of nitrogens with one attached hydrogen (secondary N) is 2. The van der Waals surface area contributed by atoms with Gasteiger partial charge in [-0.2, -0.15) is 0 Å². The van der Waals surface area contributed by atoms with Gasteiger partial charge in [-0.15, -0.1) is 0 Å². The number of carbonyl (C=O) groups excluding carboxylic acids is 3. The lowest BCUT2D eigenvalue weighted by Gasteiger charge is -2.32. The Balaban J connectivity index is 1.69. The SMILES string of the molecule is CNC1CCN(C(=O)CN2C(=O)NC(C)(c3ccc(C)cc3)C2=O)CC1. The Bertz CT molecular complexity index is 710. The summed E-state index contributed by atoms with van der Waals surface area (Å²) in [5, 5.41) is 5.96. The number of aryl methyl sites for hydroxylation is 1. The lowest BCUT2D eigenvalue weighted by Crippen LogP contribution is -2.48. The fraction of sp³-hybridized carbons (Fsp3) is 0.526. The van der Waals surface area contributed by atoms with Crippen molar-refractivity contribution in [2.24, 2.45) is 0 Å². The second kappa shape index (κ2) is 7.07. The Labute approximate surface area is 153 Å². The number of amides is 4. The van der Waals surface area contributed by atoms with Crippen LogP contribution < -0.4 is 10.6 Å². The van der Waals surface area contributed by atoms with Crippen molar-refractivity contribution in [1.82, 2.24) is 20.4 Å². The molecule has 1 atom stereocenters. The molecule has 2 aliphatic rings. The molecule has 0 bridgehead atoms. The molecule has 0 saturated carbocycles. The number of likely N-dealkylation sites (tertiary alicyclic amines) is 1. The summed E-state index contributed by atoms with van der Waals surface area (Å²) >= 11 is 0. The molecule has 2 saturated heterocycles. The molecule has 0 radical (unpaired) electrons. The van der Waals surface area contributed by atoms with E-state index in [1.165, 1.54) is 0 Å². The van der Waals surface area contributed by atoms with Crippen LogP contribution in [0.4, 0.5) is 4.79 Å². The number of nitrogens with zero attached hydrogens (tertiary/aromatic N) is 2. The van der Waals surface area contributed by atoms with E-state index in [0.29, 0.717) is 24.7 Å². The van der Waals surface area contributed by atoms with Gasteiger partial charge in [0, 0.05) is 19.1 Å². The van der Waals surface area contributed by atoms with E-state index < -0.39 is 11.6 Å². The van der Waals surface area contributed by atoms with E-state index in [1.807, 2.05) is 38.2 Å². The summed E-state index contributed by atoms with van der Waals surface area (Å²) in [7, 11) is 1.92. The Morgan fingerprint density at radius 2 is 1.85 bits per heavy atom. The van der Waals surface area contributed by atoms with Crippen molar-refractivity contribution < 1.29 is 14.4 Å².